The summed E-state index contributed by atoms with van der Waals surface area (Å²) in [5.74, 6) is 2.14. The van der Waals surface area contributed by atoms with Crippen molar-refractivity contribution in [2.24, 2.45) is 0 Å². The van der Waals surface area contributed by atoms with Gasteiger partial charge in [0, 0.05) is 0 Å². The van der Waals surface area contributed by atoms with Crippen LogP contribution in [0.2, 0.25) is 0 Å². The fourth-order valence-electron chi connectivity index (χ4n) is 3.91. The molecule has 0 spiro atoms. The fraction of sp³-hybridized carbons (Fsp3) is 0.143. The van der Waals surface area contributed by atoms with Crippen molar-refractivity contribution in [2.45, 2.75) is 19.3 Å². The minimum Gasteiger partial charge on any atom is -0.497 e. The Morgan fingerprint density at radius 1 is 0.781 bits per heavy atom. The van der Waals surface area contributed by atoms with E-state index in [4.69, 9.17) is 9.15 Å². The summed E-state index contributed by atoms with van der Waals surface area (Å²) in [5.41, 5.74) is 4.70. The third-order valence-corrected chi connectivity index (χ3v) is 5.84. The molecule has 1 atom stereocenters. The molecule has 4 nitrogen and oxygen atoms in total. The molecular weight excluding hydrogens is 396 g/mol. The molecule has 5 aromatic rings. The minimum absolute atomic E-state index is 0.0169. The highest BCUT2D eigenvalue weighted by atomic mass is 16.5. The Labute approximate surface area is 187 Å². The van der Waals surface area contributed by atoms with Crippen molar-refractivity contribution < 1.29 is 9.15 Å². The quantitative estimate of drug-likeness (QED) is 0.309. The number of ether oxygens (including phenoxy) is 1. The summed E-state index contributed by atoms with van der Waals surface area (Å²) in [5, 5.41) is 10.9. The van der Waals surface area contributed by atoms with Gasteiger partial charge in [0.2, 0.25) is 11.8 Å². The lowest BCUT2D eigenvalue weighted by Crippen LogP contribution is -1.96. The number of hydrogen-bond acceptors (Lipinski definition) is 4. The second kappa shape index (κ2) is 8.67. The van der Waals surface area contributed by atoms with Crippen molar-refractivity contribution >= 4 is 10.8 Å². The zero-order chi connectivity index (χ0) is 21.9. The first-order chi connectivity index (χ1) is 15.7. The molecule has 0 aliphatic carbocycles. The van der Waals surface area contributed by atoms with Crippen LogP contribution < -0.4 is 4.74 Å². The van der Waals surface area contributed by atoms with Gasteiger partial charge in [-0.25, -0.2) is 0 Å². The van der Waals surface area contributed by atoms with Crippen LogP contribution >= 0.6 is 0 Å². The van der Waals surface area contributed by atoms with Crippen LogP contribution in [0.25, 0.3) is 21.9 Å². The molecule has 0 amide bonds. The van der Waals surface area contributed by atoms with E-state index in [2.05, 4.69) is 89.9 Å². The summed E-state index contributed by atoms with van der Waals surface area (Å²) in [7, 11) is 1.68. The Bertz CT molecular complexity index is 1340. The van der Waals surface area contributed by atoms with Crippen LogP contribution in [0.4, 0.5) is 0 Å². The number of rotatable bonds is 6. The lowest BCUT2D eigenvalue weighted by atomic mass is 9.97. The molecule has 0 saturated carbocycles. The number of methoxy groups -OCH3 is 1. The molecule has 32 heavy (non-hydrogen) atoms. The molecule has 1 unspecified atom stereocenters. The van der Waals surface area contributed by atoms with Crippen LogP contribution in [0.15, 0.2) is 95.4 Å². The van der Waals surface area contributed by atoms with E-state index in [-0.39, 0.29) is 5.92 Å². The van der Waals surface area contributed by atoms with Gasteiger partial charge in [-0.1, -0.05) is 78.9 Å². The molecule has 0 fully saturated rings. The lowest BCUT2D eigenvalue weighted by molar-refractivity contribution is 0.415. The van der Waals surface area contributed by atoms with E-state index in [1.54, 1.807) is 7.11 Å². The number of aromatic nitrogens is 2. The Morgan fingerprint density at radius 3 is 2.28 bits per heavy atom. The van der Waals surface area contributed by atoms with Gasteiger partial charge in [0.15, 0.2) is 0 Å². The van der Waals surface area contributed by atoms with Gasteiger partial charge in [-0.15, -0.1) is 10.2 Å². The molecule has 4 heteroatoms. The van der Waals surface area contributed by atoms with Gasteiger partial charge < -0.3 is 9.15 Å². The summed E-state index contributed by atoms with van der Waals surface area (Å²) < 4.78 is 11.3. The van der Waals surface area contributed by atoms with Gasteiger partial charge in [-0.05, 0) is 52.1 Å². The van der Waals surface area contributed by atoms with E-state index in [1.807, 2.05) is 18.2 Å². The molecule has 1 heterocycles. The van der Waals surface area contributed by atoms with Crippen LogP contribution in [0.5, 0.6) is 5.75 Å². The molecule has 1 aromatic heterocycles. The molecule has 5 rings (SSSR count). The zero-order valence-electron chi connectivity index (χ0n) is 18.2. The first-order valence-corrected chi connectivity index (χ1v) is 10.7. The van der Waals surface area contributed by atoms with E-state index in [0.717, 1.165) is 27.6 Å². The Hall–Kier alpha value is -3.92. The Kier molecular flexibility index (Phi) is 5.42. The molecular formula is C28H24N2O2. The highest BCUT2D eigenvalue weighted by molar-refractivity contribution is 5.84. The monoisotopic (exact) mass is 420 g/mol. The molecule has 0 radical (unpaired) electrons. The van der Waals surface area contributed by atoms with Gasteiger partial charge in [0.1, 0.15) is 5.75 Å². The normalized spacial score (nSPS) is 12.1. The molecule has 0 bridgehead atoms. The van der Waals surface area contributed by atoms with E-state index in [9.17, 15) is 0 Å². The van der Waals surface area contributed by atoms with Gasteiger partial charge in [0.25, 0.3) is 0 Å². The smallest absolute Gasteiger partial charge is 0.223 e. The maximum atomic E-state index is 6.03. The number of benzene rings is 4. The summed E-state index contributed by atoms with van der Waals surface area (Å²) in [6, 6.07) is 31.3. The van der Waals surface area contributed by atoms with Crippen molar-refractivity contribution in [3.63, 3.8) is 0 Å². The highest BCUT2D eigenvalue weighted by Crippen LogP contribution is 2.29. The molecule has 0 N–H and O–H groups in total. The summed E-state index contributed by atoms with van der Waals surface area (Å²) in [4.78, 5) is 0. The Balaban J connectivity index is 1.31. The van der Waals surface area contributed by atoms with E-state index in [1.165, 1.54) is 11.1 Å². The van der Waals surface area contributed by atoms with Crippen molar-refractivity contribution in [2.75, 3.05) is 7.11 Å². The van der Waals surface area contributed by atoms with Crippen LogP contribution in [0.1, 0.15) is 35.7 Å². The summed E-state index contributed by atoms with van der Waals surface area (Å²) in [6.45, 7) is 2.09. The molecule has 0 aliphatic rings. The topological polar surface area (TPSA) is 48.2 Å². The van der Waals surface area contributed by atoms with Gasteiger partial charge in [0.05, 0.1) is 19.4 Å². The number of fused-ring (bicyclic) bond motifs is 1. The van der Waals surface area contributed by atoms with Crippen molar-refractivity contribution in [1.82, 2.24) is 10.2 Å². The number of nitrogens with zero attached hydrogens (tertiary/aromatic N) is 2. The van der Waals surface area contributed by atoms with Crippen LogP contribution in [0.3, 0.4) is 0 Å². The van der Waals surface area contributed by atoms with Crippen LogP contribution in [0, 0.1) is 0 Å². The first kappa shape index (κ1) is 20.0. The Morgan fingerprint density at radius 2 is 1.50 bits per heavy atom. The molecule has 0 saturated heterocycles. The van der Waals surface area contributed by atoms with E-state index < -0.39 is 0 Å². The van der Waals surface area contributed by atoms with Crippen LogP contribution in [-0.4, -0.2) is 17.3 Å². The van der Waals surface area contributed by atoms with E-state index in [0.29, 0.717) is 18.2 Å². The maximum Gasteiger partial charge on any atom is 0.223 e. The highest BCUT2D eigenvalue weighted by Gasteiger charge is 2.17. The summed E-state index contributed by atoms with van der Waals surface area (Å²) in [6.07, 6.45) is 0.617. The minimum atomic E-state index is 0.0169. The number of hydrogen-bond donors (Lipinski definition) is 0. The van der Waals surface area contributed by atoms with Crippen LogP contribution in [-0.2, 0) is 6.42 Å². The standard InChI is InChI=1S/C28H24N2O2/c1-19(23-12-13-25-18-26(31-2)15-14-24(25)17-23)28-30-29-27(32-28)16-20-8-10-22(11-9-20)21-6-4-3-5-7-21/h3-15,17-19H,16H2,1-2H3. The molecule has 158 valence electrons. The van der Waals surface area contributed by atoms with Gasteiger partial charge in [-0.3, -0.25) is 0 Å². The van der Waals surface area contributed by atoms with Gasteiger partial charge in [-0.2, -0.15) is 0 Å². The average molecular weight is 421 g/mol. The largest absolute Gasteiger partial charge is 0.497 e. The second-order valence-electron chi connectivity index (χ2n) is 7.97. The molecule has 0 aliphatic heterocycles. The second-order valence-corrected chi connectivity index (χ2v) is 7.97. The predicted molar refractivity (Wildman–Crippen MR) is 127 cm³/mol. The first-order valence-electron chi connectivity index (χ1n) is 10.7. The SMILES string of the molecule is COc1ccc2cc(C(C)c3nnc(Cc4ccc(-c5ccccc5)cc4)o3)ccc2c1. The fourth-order valence-corrected chi connectivity index (χ4v) is 3.91. The van der Waals surface area contributed by atoms with Crippen molar-refractivity contribution in [3.05, 3.63) is 114 Å². The van der Waals surface area contributed by atoms with Crippen molar-refractivity contribution in [3.8, 4) is 16.9 Å². The molecule has 4 aromatic carbocycles. The van der Waals surface area contributed by atoms with Crippen molar-refractivity contribution in [1.29, 1.82) is 0 Å². The van der Waals surface area contributed by atoms with Gasteiger partial charge >= 0.3 is 0 Å². The lowest BCUT2D eigenvalue weighted by Gasteiger charge is -2.09. The van der Waals surface area contributed by atoms with E-state index >= 15 is 0 Å². The average Bonchev–Trinajstić information content (AvgIpc) is 3.32. The predicted octanol–water partition coefficient (Wildman–Crippen LogP) is 6.64. The third kappa shape index (κ3) is 4.12. The third-order valence-electron chi connectivity index (χ3n) is 5.84. The summed E-state index contributed by atoms with van der Waals surface area (Å²) >= 11 is 0. The zero-order valence-corrected chi connectivity index (χ0v) is 18.2. The maximum absolute atomic E-state index is 6.03.